The average molecular weight is 249 g/mol. The second-order valence-electron chi connectivity index (χ2n) is 4.91. The summed E-state index contributed by atoms with van der Waals surface area (Å²) < 4.78 is 3.19. The molecule has 1 atom stereocenters. The topological polar surface area (TPSA) is 59.2 Å². The van der Waals surface area contributed by atoms with Crippen molar-refractivity contribution in [1.29, 1.82) is 0 Å². The fourth-order valence-electron chi connectivity index (χ4n) is 2.29. The van der Waals surface area contributed by atoms with E-state index in [0.717, 1.165) is 16.6 Å². The summed E-state index contributed by atoms with van der Waals surface area (Å²) in [6.07, 6.45) is 0. The Hall–Kier alpha value is -1.59. The van der Waals surface area contributed by atoms with Gasteiger partial charge in [0.05, 0.1) is 16.6 Å². The van der Waals surface area contributed by atoms with E-state index in [1.165, 1.54) is 0 Å². The van der Waals surface area contributed by atoms with Crippen LogP contribution in [-0.2, 0) is 19.7 Å². The van der Waals surface area contributed by atoms with Gasteiger partial charge in [0.15, 0.2) is 0 Å². The molecule has 98 valence electrons. The molecule has 1 unspecified atom stereocenters. The van der Waals surface area contributed by atoms with Gasteiger partial charge >= 0.3 is 5.69 Å². The Bertz CT molecular complexity index is 637. The quantitative estimate of drug-likeness (QED) is 0.823. The monoisotopic (exact) mass is 249 g/mol. The number of aromatic nitrogens is 2. The zero-order chi connectivity index (χ0) is 13.5. The third-order valence-electron chi connectivity index (χ3n) is 3.41. The van der Waals surface area contributed by atoms with Crippen LogP contribution < -0.4 is 11.0 Å². The molecule has 1 aromatic carbocycles. The number of hydrogen-bond donors (Lipinski definition) is 2. The van der Waals surface area contributed by atoms with Crippen LogP contribution in [-0.4, -0.2) is 27.8 Å². The van der Waals surface area contributed by atoms with E-state index < -0.39 is 5.60 Å². The number of nitrogens with zero attached hydrogens (tertiary/aromatic N) is 2. The fourth-order valence-corrected chi connectivity index (χ4v) is 2.29. The lowest BCUT2D eigenvalue weighted by Gasteiger charge is -2.23. The molecule has 0 saturated heterocycles. The molecule has 2 rings (SSSR count). The van der Waals surface area contributed by atoms with Crippen molar-refractivity contribution in [2.45, 2.75) is 12.5 Å². The van der Waals surface area contributed by atoms with Gasteiger partial charge in [0.2, 0.25) is 0 Å². The molecule has 1 heterocycles. The van der Waals surface area contributed by atoms with Crippen molar-refractivity contribution < 1.29 is 5.11 Å². The Balaban J connectivity index is 2.65. The summed E-state index contributed by atoms with van der Waals surface area (Å²) in [5.41, 5.74) is 1.48. The normalized spacial score (nSPS) is 14.9. The lowest BCUT2D eigenvalue weighted by molar-refractivity contribution is 0.0593. The van der Waals surface area contributed by atoms with E-state index in [0.29, 0.717) is 6.54 Å². The summed E-state index contributed by atoms with van der Waals surface area (Å²) in [4.78, 5) is 11.8. The zero-order valence-corrected chi connectivity index (χ0v) is 11.2. The number of imidazole rings is 1. The van der Waals surface area contributed by atoms with Crippen LogP contribution in [0.4, 0.5) is 0 Å². The Kier molecular flexibility index (Phi) is 3.04. The van der Waals surface area contributed by atoms with Gasteiger partial charge < -0.3 is 10.4 Å². The van der Waals surface area contributed by atoms with Crippen molar-refractivity contribution in [3.8, 4) is 0 Å². The van der Waals surface area contributed by atoms with E-state index in [1.54, 1.807) is 37.2 Å². The van der Waals surface area contributed by atoms with E-state index >= 15 is 0 Å². The number of aryl methyl sites for hydroxylation is 2. The summed E-state index contributed by atoms with van der Waals surface area (Å²) >= 11 is 0. The maximum absolute atomic E-state index is 11.8. The molecule has 0 saturated carbocycles. The van der Waals surface area contributed by atoms with Gasteiger partial charge in [-0.2, -0.15) is 0 Å². The van der Waals surface area contributed by atoms with Gasteiger partial charge in [0.25, 0.3) is 0 Å². The molecule has 18 heavy (non-hydrogen) atoms. The molecule has 0 radical (unpaired) electrons. The van der Waals surface area contributed by atoms with Crippen molar-refractivity contribution in [3.05, 3.63) is 34.2 Å². The number of rotatable bonds is 3. The number of fused-ring (bicyclic) bond motifs is 1. The molecule has 1 aromatic heterocycles. The molecular formula is C13H19N3O2. The standard InChI is InChI=1S/C13H19N3O2/c1-13(18,8-14-2)9-5-6-10-11(7-9)16(4)12(17)15(10)3/h5-7,14,18H,8H2,1-4H3. The Morgan fingerprint density at radius 2 is 1.89 bits per heavy atom. The maximum Gasteiger partial charge on any atom is 0.328 e. The highest BCUT2D eigenvalue weighted by Crippen LogP contribution is 2.23. The average Bonchev–Trinajstić information content (AvgIpc) is 2.54. The first-order valence-corrected chi connectivity index (χ1v) is 5.91. The third-order valence-corrected chi connectivity index (χ3v) is 3.41. The van der Waals surface area contributed by atoms with Gasteiger partial charge in [-0.15, -0.1) is 0 Å². The van der Waals surface area contributed by atoms with Crippen LogP contribution in [0.5, 0.6) is 0 Å². The van der Waals surface area contributed by atoms with Crippen LogP contribution in [0.15, 0.2) is 23.0 Å². The molecule has 0 spiro atoms. The minimum absolute atomic E-state index is 0.0598. The third kappa shape index (κ3) is 1.85. The van der Waals surface area contributed by atoms with Crippen LogP contribution in [0.2, 0.25) is 0 Å². The van der Waals surface area contributed by atoms with Gasteiger partial charge in [0.1, 0.15) is 0 Å². The van der Waals surface area contributed by atoms with Crippen LogP contribution in [0.25, 0.3) is 11.0 Å². The molecule has 0 fully saturated rings. The molecule has 0 aliphatic carbocycles. The largest absolute Gasteiger partial charge is 0.384 e. The van der Waals surface area contributed by atoms with Crippen molar-refractivity contribution in [3.63, 3.8) is 0 Å². The Morgan fingerprint density at radius 1 is 1.28 bits per heavy atom. The summed E-state index contributed by atoms with van der Waals surface area (Å²) in [6, 6.07) is 5.60. The van der Waals surface area contributed by atoms with E-state index in [9.17, 15) is 9.90 Å². The van der Waals surface area contributed by atoms with E-state index in [4.69, 9.17) is 0 Å². The summed E-state index contributed by atoms with van der Waals surface area (Å²) in [5.74, 6) is 0. The van der Waals surface area contributed by atoms with E-state index in [-0.39, 0.29) is 5.69 Å². The SMILES string of the molecule is CNCC(C)(O)c1ccc2c(c1)n(C)c(=O)n2C. The number of benzene rings is 1. The number of hydrogen-bond acceptors (Lipinski definition) is 3. The molecule has 2 N–H and O–H groups in total. The molecule has 0 aliphatic rings. The Morgan fingerprint density at radius 3 is 2.50 bits per heavy atom. The molecule has 5 heteroatoms. The first-order valence-electron chi connectivity index (χ1n) is 5.91. The molecule has 0 aliphatic heterocycles. The van der Waals surface area contributed by atoms with E-state index in [1.807, 2.05) is 18.2 Å². The fraction of sp³-hybridized carbons (Fsp3) is 0.462. The van der Waals surface area contributed by atoms with Crippen LogP contribution in [0.1, 0.15) is 12.5 Å². The predicted molar refractivity (Wildman–Crippen MR) is 71.7 cm³/mol. The predicted octanol–water partition coefficient (Wildman–Crippen LogP) is 0.304. The highest BCUT2D eigenvalue weighted by atomic mass is 16.3. The summed E-state index contributed by atoms with van der Waals surface area (Å²) in [6.45, 7) is 2.21. The van der Waals surface area contributed by atoms with Gasteiger partial charge in [-0.25, -0.2) is 4.79 Å². The first-order chi connectivity index (χ1) is 8.38. The molecular weight excluding hydrogens is 230 g/mol. The molecule has 0 amide bonds. The lowest BCUT2D eigenvalue weighted by Crippen LogP contribution is -2.33. The highest BCUT2D eigenvalue weighted by Gasteiger charge is 2.23. The molecule has 0 bridgehead atoms. The maximum atomic E-state index is 11.8. The van der Waals surface area contributed by atoms with E-state index in [2.05, 4.69) is 5.32 Å². The van der Waals surface area contributed by atoms with Gasteiger partial charge in [0, 0.05) is 20.6 Å². The smallest absolute Gasteiger partial charge is 0.328 e. The lowest BCUT2D eigenvalue weighted by atomic mass is 9.95. The summed E-state index contributed by atoms with van der Waals surface area (Å²) in [5, 5.41) is 13.3. The first kappa shape index (κ1) is 12.9. The number of nitrogens with one attached hydrogen (secondary N) is 1. The molecule has 2 aromatic rings. The van der Waals surface area contributed by atoms with Crippen molar-refractivity contribution in [2.75, 3.05) is 13.6 Å². The van der Waals surface area contributed by atoms with Crippen LogP contribution in [0.3, 0.4) is 0 Å². The van der Waals surface area contributed by atoms with Gasteiger partial charge in [-0.3, -0.25) is 9.13 Å². The van der Waals surface area contributed by atoms with Crippen molar-refractivity contribution in [1.82, 2.24) is 14.5 Å². The molecule has 5 nitrogen and oxygen atoms in total. The zero-order valence-electron chi connectivity index (χ0n) is 11.2. The second-order valence-corrected chi connectivity index (χ2v) is 4.91. The van der Waals surface area contributed by atoms with Crippen molar-refractivity contribution >= 4 is 11.0 Å². The minimum Gasteiger partial charge on any atom is -0.384 e. The van der Waals surface area contributed by atoms with Gasteiger partial charge in [-0.05, 0) is 31.7 Å². The number of likely N-dealkylation sites (N-methyl/N-ethyl adjacent to an activating group) is 1. The number of aliphatic hydroxyl groups is 1. The minimum atomic E-state index is -0.950. The summed E-state index contributed by atoms with van der Waals surface area (Å²) in [7, 11) is 5.28. The van der Waals surface area contributed by atoms with Gasteiger partial charge in [-0.1, -0.05) is 6.07 Å². The van der Waals surface area contributed by atoms with Crippen LogP contribution >= 0.6 is 0 Å². The second kappa shape index (κ2) is 4.26. The highest BCUT2D eigenvalue weighted by molar-refractivity contribution is 5.77. The van der Waals surface area contributed by atoms with Crippen LogP contribution in [0, 0.1) is 0 Å². The van der Waals surface area contributed by atoms with Crippen molar-refractivity contribution in [2.24, 2.45) is 14.1 Å². The Labute approximate surface area is 106 Å².